The molecule has 0 heterocycles. The first-order valence-electron chi connectivity index (χ1n) is 12.5. The lowest BCUT2D eigenvalue weighted by Gasteiger charge is -2.13. The quantitative estimate of drug-likeness (QED) is 0.122. The summed E-state index contributed by atoms with van der Waals surface area (Å²) in [6, 6.07) is 31.5. The minimum absolute atomic E-state index is 0.175. The van der Waals surface area contributed by atoms with Crippen molar-refractivity contribution in [3.63, 3.8) is 0 Å². The zero-order valence-electron chi connectivity index (χ0n) is 21.4. The molecule has 0 saturated heterocycles. The molecule has 0 radical (unpaired) electrons. The third-order valence-corrected chi connectivity index (χ3v) is 6.17. The number of benzene rings is 4. The van der Waals surface area contributed by atoms with E-state index >= 15 is 0 Å². The molecule has 0 saturated carbocycles. The summed E-state index contributed by atoms with van der Waals surface area (Å²) in [5.41, 5.74) is 8.07. The van der Waals surface area contributed by atoms with Crippen LogP contribution in [-0.2, 0) is 16.0 Å². The van der Waals surface area contributed by atoms with Gasteiger partial charge in [-0.05, 0) is 58.0 Å². The highest BCUT2D eigenvalue weighted by atomic mass is 16.6. The molecule has 0 aliphatic rings. The Balaban J connectivity index is 1.45. The molecular formula is C33H32O4. The van der Waals surface area contributed by atoms with Crippen LogP contribution in [0, 0.1) is 0 Å². The molecule has 0 amide bonds. The van der Waals surface area contributed by atoms with Gasteiger partial charge in [0.05, 0.1) is 7.11 Å². The average Bonchev–Trinajstić information content (AvgIpc) is 2.96. The molecule has 0 aromatic heterocycles. The summed E-state index contributed by atoms with van der Waals surface area (Å²) >= 11 is 0. The van der Waals surface area contributed by atoms with Crippen molar-refractivity contribution in [1.82, 2.24) is 0 Å². The molecule has 0 atom stereocenters. The molecule has 0 spiro atoms. The molecule has 4 heteroatoms. The van der Waals surface area contributed by atoms with Crippen molar-refractivity contribution >= 4 is 5.97 Å². The van der Waals surface area contributed by atoms with Crippen molar-refractivity contribution < 1.29 is 19.0 Å². The van der Waals surface area contributed by atoms with Crippen LogP contribution in [0.2, 0.25) is 0 Å². The van der Waals surface area contributed by atoms with E-state index in [1.165, 1.54) is 16.7 Å². The highest BCUT2D eigenvalue weighted by Gasteiger charge is 2.09. The maximum atomic E-state index is 11.1. The third-order valence-electron chi connectivity index (χ3n) is 6.17. The van der Waals surface area contributed by atoms with E-state index in [0.717, 1.165) is 46.9 Å². The smallest absolute Gasteiger partial charge is 0.330 e. The topological polar surface area (TPSA) is 44.8 Å². The molecule has 4 rings (SSSR count). The van der Waals surface area contributed by atoms with E-state index in [1.807, 2.05) is 24.3 Å². The number of carbonyl (C=O) groups excluding carboxylic acids is 1. The van der Waals surface area contributed by atoms with Gasteiger partial charge in [0.2, 0.25) is 0 Å². The van der Waals surface area contributed by atoms with Crippen LogP contribution >= 0.6 is 0 Å². The van der Waals surface area contributed by atoms with Gasteiger partial charge in [-0.25, -0.2) is 4.79 Å². The standard InChI is InChI=1S/C33H32O4/c1-4-6-24-7-9-25(10-8-24)26-11-13-27(14-12-26)29-17-20-31(32(23-29)35-3)28-15-18-30(19-16-28)36-21-22-37-33(34)5-2/h5,7-20,23H,2,4,6,21-22H2,1,3H3. The monoisotopic (exact) mass is 492 g/mol. The number of rotatable bonds is 11. The van der Waals surface area contributed by atoms with Crippen molar-refractivity contribution in [2.75, 3.05) is 20.3 Å². The lowest BCUT2D eigenvalue weighted by molar-refractivity contribution is -0.138. The Morgan fingerprint density at radius 1 is 0.757 bits per heavy atom. The molecule has 0 N–H and O–H groups in total. The summed E-state index contributed by atoms with van der Waals surface area (Å²) in [5, 5.41) is 0. The Labute approximate surface area is 219 Å². The highest BCUT2D eigenvalue weighted by molar-refractivity contribution is 5.81. The lowest BCUT2D eigenvalue weighted by atomic mass is 9.97. The zero-order valence-corrected chi connectivity index (χ0v) is 21.4. The van der Waals surface area contributed by atoms with E-state index in [1.54, 1.807) is 7.11 Å². The summed E-state index contributed by atoms with van der Waals surface area (Å²) in [5.74, 6) is 1.05. The fourth-order valence-electron chi connectivity index (χ4n) is 4.21. The fraction of sp³-hybridized carbons (Fsp3) is 0.182. The Morgan fingerprint density at radius 3 is 1.92 bits per heavy atom. The molecule has 4 aromatic carbocycles. The van der Waals surface area contributed by atoms with Crippen LogP contribution in [0.1, 0.15) is 18.9 Å². The number of hydrogen-bond donors (Lipinski definition) is 0. The van der Waals surface area contributed by atoms with Gasteiger partial charge < -0.3 is 14.2 Å². The molecule has 0 aliphatic carbocycles. The maximum Gasteiger partial charge on any atom is 0.330 e. The summed E-state index contributed by atoms with van der Waals surface area (Å²) in [6.45, 7) is 6.03. The Kier molecular flexibility index (Phi) is 8.77. The number of carbonyl (C=O) groups is 1. The van der Waals surface area contributed by atoms with Crippen LogP contribution in [0.3, 0.4) is 0 Å². The summed E-state index contributed by atoms with van der Waals surface area (Å²) in [7, 11) is 1.69. The first kappa shape index (κ1) is 25.8. The summed E-state index contributed by atoms with van der Waals surface area (Å²) < 4.78 is 16.3. The van der Waals surface area contributed by atoms with E-state index in [2.05, 4.69) is 80.2 Å². The summed E-state index contributed by atoms with van der Waals surface area (Å²) in [4.78, 5) is 11.1. The SMILES string of the molecule is C=CC(=O)OCCOc1ccc(-c2ccc(-c3ccc(-c4ccc(CCC)cc4)cc3)cc2OC)cc1. The molecule has 37 heavy (non-hydrogen) atoms. The van der Waals surface area contributed by atoms with Gasteiger partial charge >= 0.3 is 5.97 Å². The Morgan fingerprint density at radius 2 is 1.32 bits per heavy atom. The third kappa shape index (κ3) is 6.68. The van der Waals surface area contributed by atoms with Crippen LogP contribution in [0.4, 0.5) is 0 Å². The minimum atomic E-state index is -0.456. The van der Waals surface area contributed by atoms with Crippen LogP contribution < -0.4 is 9.47 Å². The van der Waals surface area contributed by atoms with Crippen LogP contribution in [0.15, 0.2) is 104 Å². The molecule has 0 bridgehead atoms. The average molecular weight is 493 g/mol. The van der Waals surface area contributed by atoms with Crippen molar-refractivity contribution in [1.29, 1.82) is 0 Å². The predicted octanol–water partition coefficient (Wildman–Crippen LogP) is 7.76. The Hall–Kier alpha value is -4.31. The lowest BCUT2D eigenvalue weighted by Crippen LogP contribution is -2.10. The zero-order chi connectivity index (χ0) is 26.0. The largest absolute Gasteiger partial charge is 0.496 e. The number of esters is 1. The number of methoxy groups -OCH3 is 1. The van der Waals surface area contributed by atoms with E-state index in [4.69, 9.17) is 14.2 Å². The van der Waals surface area contributed by atoms with Crippen LogP contribution in [0.25, 0.3) is 33.4 Å². The van der Waals surface area contributed by atoms with E-state index in [9.17, 15) is 4.79 Å². The van der Waals surface area contributed by atoms with Gasteiger partial charge in [-0.3, -0.25) is 0 Å². The second kappa shape index (κ2) is 12.6. The molecule has 188 valence electrons. The minimum Gasteiger partial charge on any atom is -0.496 e. The first-order chi connectivity index (χ1) is 18.1. The van der Waals surface area contributed by atoms with Crippen molar-refractivity contribution in [3.8, 4) is 44.9 Å². The van der Waals surface area contributed by atoms with E-state index in [-0.39, 0.29) is 13.2 Å². The van der Waals surface area contributed by atoms with Gasteiger partial charge in [0.1, 0.15) is 24.7 Å². The van der Waals surface area contributed by atoms with Gasteiger partial charge in [-0.15, -0.1) is 0 Å². The molecule has 4 nitrogen and oxygen atoms in total. The highest BCUT2D eigenvalue weighted by Crippen LogP contribution is 2.35. The predicted molar refractivity (Wildman–Crippen MR) is 150 cm³/mol. The first-order valence-corrected chi connectivity index (χ1v) is 12.5. The number of hydrogen-bond acceptors (Lipinski definition) is 4. The molecule has 4 aromatic rings. The molecular weight excluding hydrogens is 460 g/mol. The summed E-state index contributed by atoms with van der Waals surface area (Å²) in [6.07, 6.45) is 3.41. The van der Waals surface area contributed by atoms with Crippen LogP contribution in [0.5, 0.6) is 11.5 Å². The van der Waals surface area contributed by atoms with Crippen LogP contribution in [-0.4, -0.2) is 26.3 Å². The van der Waals surface area contributed by atoms with Gasteiger partial charge in [0, 0.05) is 11.6 Å². The van der Waals surface area contributed by atoms with Gasteiger partial charge in [-0.1, -0.05) is 92.7 Å². The van der Waals surface area contributed by atoms with Crippen molar-refractivity contribution in [3.05, 3.63) is 109 Å². The molecule has 0 aliphatic heterocycles. The van der Waals surface area contributed by atoms with Gasteiger partial charge in [-0.2, -0.15) is 0 Å². The van der Waals surface area contributed by atoms with E-state index < -0.39 is 5.97 Å². The van der Waals surface area contributed by atoms with Crippen molar-refractivity contribution in [2.24, 2.45) is 0 Å². The number of aryl methyl sites for hydroxylation is 1. The maximum absolute atomic E-state index is 11.1. The van der Waals surface area contributed by atoms with E-state index in [0.29, 0.717) is 5.75 Å². The molecule has 0 fully saturated rings. The number of ether oxygens (including phenoxy) is 3. The normalized spacial score (nSPS) is 10.5. The Bertz CT molecular complexity index is 1320. The van der Waals surface area contributed by atoms with Crippen molar-refractivity contribution in [2.45, 2.75) is 19.8 Å². The fourth-order valence-corrected chi connectivity index (χ4v) is 4.21. The van der Waals surface area contributed by atoms with Gasteiger partial charge in [0.15, 0.2) is 0 Å². The van der Waals surface area contributed by atoms with Gasteiger partial charge in [0.25, 0.3) is 0 Å². The second-order valence-corrected chi connectivity index (χ2v) is 8.68. The molecule has 0 unspecified atom stereocenters. The second-order valence-electron chi connectivity index (χ2n) is 8.68.